The lowest BCUT2D eigenvalue weighted by molar-refractivity contribution is 0.109. The van der Waals surface area contributed by atoms with Crippen LogP contribution in [0.4, 0.5) is 4.79 Å². The summed E-state index contributed by atoms with van der Waals surface area (Å²) >= 11 is 2.00. The third-order valence-corrected chi connectivity index (χ3v) is 2.66. The van der Waals surface area contributed by atoms with E-state index < -0.39 is 6.16 Å². The third-order valence-electron chi connectivity index (χ3n) is 1.86. The topological polar surface area (TPSA) is 59.3 Å². The molecule has 0 unspecified atom stereocenters. The van der Waals surface area contributed by atoms with Crippen molar-refractivity contribution in [3.8, 4) is 11.8 Å². The van der Waals surface area contributed by atoms with Crippen LogP contribution in [-0.2, 0) is 4.74 Å². The molecule has 0 aliphatic heterocycles. The van der Waals surface area contributed by atoms with Crippen LogP contribution >= 0.6 is 22.6 Å². The van der Waals surface area contributed by atoms with Gasteiger partial charge in [-0.25, -0.2) is 4.79 Å². The predicted octanol–water partition coefficient (Wildman–Crippen LogP) is 3.17. The van der Waals surface area contributed by atoms with E-state index in [-0.39, 0.29) is 6.61 Å². The lowest BCUT2D eigenvalue weighted by Crippen LogP contribution is -2.12. The summed E-state index contributed by atoms with van der Waals surface area (Å²) in [6.45, 7) is 5.29. The van der Waals surface area contributed by atoms with E-state index in [9.17, 15) is 4.79 Å². The number of nitrogens with zero attached hydrogens (tertiary/aromatic N) is 1. The maximum atomic E-state index is 11.3. The quantitative estimate of drug-likeness (QED) is 0.366. The van der Waals surface area contributed by atoms with Crippen molar-refractivity contribution in [1.29, 1.82) is 5.26 Å². The van der Waals surface area contributed by atoms with Crippen LogP contribution < -0.4 is 4.74 Å². The minimum Gasteiger partial charge on any atom is -0.430 e. The number of carbonyl (C=O) groups excluding carboxylic acids is 1. The van der Waals surface area contributed by atoms with Gasteiger partial charge < -0.3 is 9.47 Å². The summed E-state index contributed by atoms with van der Waals surface area (Å²) in [5.41, 5.74) is 1.24. The fourth-order valence-electron chi connectivity index (χ4n) is 1.16. The number of carbonyl (C=O) groups is 1. The SMILES string of the molecule is C=CCOC(=O)Oc1c(C)cc(C#N)cc1I. The van der Waals surface area contributed by atoms with Gasteiger partial charge >= 0.3 is 6.16 Å². The maximum absolute atomic E-state index is 11.3. The molecule has 0 N–H and O–H groups in total. The van der Waals surface area contributed by atoms with Gasteiger partial charge in [0.1, 0.15) is 6.61 Å². The Morgan fingerprint density at radius 2 is 2.35 bits per heavy atom. The van der Waals surface area contributed by atoms with Crippen molar-refractivity contribution in [2.75, 3.05) is 6.61 Å². The number of rotatable bonds is 3. The van der Waals surface area contributed by atoms with E-state index in [1.165, 1.54) is 6.08 Å². The van der Waals surface area contributed by atoms with Gasteiger partial charge in [0.05, 0.1) is 15.2 Å². The van der Waals surface area contributed by atoms with E-state index in [2.05, 4.69) is 6.58 Å². The van der Waals surface area contributed by atoms with Crippen LogP contribution in [0.5, 0.6) is 5.75 Å². The van der Waals surface area contributed by atoms with Crippen LogP contribution in [0.3, 0.4) is 0 Å². The van der Waals surface area contributed by atoms with Crippen molar-refractivity contribution in [3.05, 3.63) is 39.5 Å². The molecule has 0 spiro atoms. The van der Waals surface area contributed by atoms with Gasteiger partial charge in [-0.05, 0) is 47.2 Å². The van der Waals surface area contributed by atoms with E-state index in [4.69, 9.17) is 14.7 Å². The first-order chi connectivity index (χ1) is 8.08. The number of benzene rings is 1. The highest BCUT2D eigenvalue weighted by Gasteiger charge is 2.12. The van der Waals surface area contributed by atoms with Crippen molar-refractivity contribution < 1.29 is 14.3 Å². The molecule has 88 valence electrons. The molecule has 4 nitrogen and oxygen atoms in total. The molecule has 17 heavy (non-hydrogen) atoms. The van der Waals surface area contributed by atoms with Crippen LogP contribution in [0.1, 0.15) is 11.1 Å². The van der Waals surface area contributed by atoms with Crippen LogP contribution in [-0.4, -0.2) is 12.8 Å². The van der Waals surface area contributed by atoms with Gasteiger partial charge in [0.25, 0.3) is 0 Å². The first-order valence-electron chi connectivity index (χ1n) is 4.74. The molecular formula is C12H10INO3. The number of hydrogen-bond donors (Lipinski definition) is 0. The van der Waals surface area contributed by atoms with Gasteiger partial charge in [0, 0.05) is 0 Å². The van der Waals surface area contributed by atoms with Crippen LogP contribution in [0, 0.1) is 21.8 Å². The number of aryl methyl sites for hydroxylation is 1. The minimum atomic E-state index is -0.782. The Balaban J connectivity index is 2.89. The van der Waals surface area contributed by atoms with Gasteiger partial charge in [0.15, 0.2) is 5.75 Å². The Bertz CT molecular complexity index is 468. The molecule has 1 aromatic carbocycles. The number of halogens is 1. The van der Waals surface area contributed by atoms with E-state index in [1.54, 1.807) is 19.1 Å². The fraction of sp³-hybridized carbons (Fsp3) is 0.167. The Labute approximate surface area is 113 Å². The second kappa shape index (κ2) is 6.25. The Morgan fingerprint density at radius 1 is 1.65 bits per heavy atom. The zero-order valence-corrected chi connectivity index (χ0v) is 11.4. The largest absolute Gasteiger partial charge is 0.514 e. The summed E-state index contributed by atoms with van der Waals surface area (Å²) < 4.78 is 10.5. The molecule has 0 saturated heterocycles. The molecule has 0 aliphatic carbocycles. The minimum absolute atomic E-state index is 0.102. The average molecular weight is 343 g/mol. The second-order valence-electron chi connectivity index (χ2n) is 3.17. The van der Waals surface area contributed by atoms with E-state index in [0.29, 0.717) is 20.4 Å². The highest BCUT2D eigenvalue weighted by atomic mass is 127. The summed E-state index contributed by atoms with van der Waals surface area (Å²) in [4.78, 5) is 11.3. The standard InChI is InChI=1S/C12H10INO3/c1-3-4-16-12(15)17-11-8(2)5-9(7-14)6-10(11)13/h3,5-6H,1,4H2,2H3. The molecule has 5 heteroatoms. The first-order valence-corrected chi connectivity index (χ1v) is 5.82. The van der Waals surface area contributed by atoms with Gasteiger partial charge in [-0.15, -0.1) is 0 Å². The molecule has 0 radical (unpaired) electrons. The molecule has 0 saturated carbocycles. The summed E-state index contributed by atoms with van der Waals surface area (Å²) in [7, 11) is 0. The normalized spacial score (nSPS) is 9.24. The van der Waals surface area contributed by atoms with Crippen molar-refractivity contribution in [2.24, 2.45) is 0 Å². The Kier molecular flexibility index (Phi) is 4.97. The number of nitriles is 1. The highest BCUT2D eigenvalue weighted by Crippen LogP contribution is 2.27. The molecule has 1 aromatic rings. The van der Waals surface area contributed by atoms with E-state index in [1.807, 2.05) is 28.7 Å². The third kappa shape index (κ3) is 3.75. The van der Waals surface area contributed by atoms with E-state index >= 15 is 0 Å². The van der Waals surface area contributed by atoms with Crippen molar-refractivity contribution in [1.82, 2.24) is 0 Å². The van der Waals surface area contributed by atoms with Crippen LogP contribution in [0.25, 0.3) is 0 Å². The lowest BCUT2D eigenvalue weighted by Gasteiger charge is -2.09. The second-order valence-corrected chi connectivity index (χ2v) is 4.33. The number of ether oxygens (including phenoxy) is 2. The maximum Gasteiger partial charge on any atom is 0.514 e. The van der Waals surface area contributed by atoms with Gasteiger partial charge in [-0.2, -0.15) is 5.26 Å². The molecule has 0 aromatic heterocycles. The molecule has 0 amide bonds. The van der Waals surface area contributed by atoms with Crippen molar-refractivity contribution in [2.45, 2.75) is 6.92 Å². The van der Waals surface area contributed by atoms with Gasteiger partial charge in [-0.1, -0.05) is 12.7 Å². The molecule has 0 atom stereocenters. The molecule has 0 fully saturated rings. The fourth-order valence-corrected chi connectivity index (χ4v) is 2.04. The summed E-state index contributed by atoms with van der Waals surface area (Å²) in [5, 5.41) is 8.78. The molecule has 0 bridgehead atoms. The zero-order chi connectivity index (χ0) is 12.8. The molecule has 1 rings (SSSR count). The summed E-state index contributed by atoms with van der Waals surface area (Å²) in [5.74, 6) is 0.415. The van der Waals surface area contributed by atoms with E-state index in [0.717, 1.165) is 0 Å². The zero-order valence-electron chi connectivity index (χ0n) is 9.20. The van der Waals surface area contributed by atoms with Gasteiger partial charge in [0.2, 0.25) is 0 Å². The smallest absolute Gasteiger partial charge is 0.430 e. The summed E-state index contributed by atoms with van der Waals surface area (Å²) in [6.07, 6.45) is 0.674. The molecule has 0 heterocycles. The first kappa shape index (κ1) is 13.5. The monoisotopic (exact) mass is 343 g/mol. The van der Waals surface area contributed by atoms with Crippen molar-refractivity contribution >= 4 is 28.7 Å². The van der Waals surface area contributed by atoms with Crippen LogP contribution in [0.2, 0.25) is 0 Å². The number of hydrogen-bond acceptors (Lipinski definition) is 4. The molecule has 0 aliphatic rings. The summed E-state index contributed by atoms with van der Waals surface area (Å²) in [6, 6.07) is 5.33. The predicted molar refractivity (Wildman–Crippen MR) is 70.8 cm³/mol. The van der Waals surface area contributed by atoms with Crippen LogP contribution in [0.15, 0.2) is 24.8 Å². The lowest BCUT2D eigenvalue weighted by atomic mass is 10.1. The van der Waals surface area contributed by atoms with Gasteiger partial charge in [-0.3, -0.25) is 0 Å². The Hall–Kier alpha value is -1.55. The van der Waals surface area contributed by atoms with Crippen molar-refractivity contribution in [3.63, 3.8) is 0 Å². The Morgan fingerprint density at radius 3 is 2.88 bits per heavy atom. The average Bonchev–Trinajstić information content (AvgIpc) is 2.30. The highest BCUT2D eigenvalue weighted by molar-refractivity contribution is 14.1. The molecular weight excluding hydrogens is 333 g/mol.